The maximum Gasteiger partial charge on any atom is 0.264 e. The normalized spacial score (nSPS) is 11.1. The Morgan fingerprint density at radius 3 is 2.38 bits per heavy atom. The third kappa shape index (κ3) is 5.81. The third-order valence-electron chi connectivity index (χ3n) is 4.78. The fourth-order valence-corrected chi connectivity index (χ4v) is 4.79. The van der Waals surface area contributed by atoms with Crippen molar-refractivity contribution in [1.82, 2.24) is 5.32 Å². The number of ether oxygens (including phenoxy) is 1. The van der Waals surface area contributed by atoms with Gasteiger partial charge in [-0.3, -0.25) is 9.10 Å². The lowest BCUT2D eigenvalue weighted by atomic mass is 10.2. The van der Waals surface area contributed by atoms with E-state index in [1.807, 2.05) is 31.2 Å². The number of aryl methyl sites for hydroxylation is 1. The predicted molar refractivity (Wildman–Crippen MR) is 127 cm³/mol. The summed E-state index contributed by atoms with van der Waals surface area (Å²) in [7, 11) is -3.99. The molecule has 1 N–H and O–H groups in total. The largest absolute Gasteiger partial charge is 0.494 e. The van der Waals surface area contributed by atoms with Gasteiger partial charge in [-0.1, -0.05) is 48.0 Å². The SMILES string of the molecule is CCOc1ccc(CNC(=O)CN(c2cc(Cl)ccc2C)S(=O)(=O)c2ccccc2)cc1. The zero-order chi connectivity index (χ0) is 23.1. The second kappa shape index (κ2) is 10.5. The number of carbonyl (C=O) groups is 1. The van der Waals surface area contributed by atoms with Gasteiger partial charge < -0.3 is 10.1 Å². The van der Waals surface area contributed by atoms with Crippen LogP contribution in [0.1, 0.15) is 18.1 Å². The highest BCUT2D eigenvalue weighted by molar-refractivity contribution is 7.92. The van der Waals surface area contributed by atoms with Crippen molar-refractivity contribution in [1.29, 1.82) is 0 Å². The molecule has 0 aliphatic carbocycles. The van der Waals surface area contributed by atoms with Gasteiger partial charge in [0, 0.05) is 11.6 Å². The fraction of sp³-hybridized carbons (Fsp3) is 0.208. The van der Waals surface area contributed by atoms with Crippen LogP contribution in [0.25, 0.3) is 0 Å². The molecule has 0 atom stereocenters. The Kier molecular flexibility index (Phi) is 7.77. The topological polar surface area (TPSA) is 75.7 Å². The molecule has 0 aliphatic rings. The summed E-state index contributed by atoms with van der Waals surface area (Å²) in [5.74, 6) is 0.317. The first-order valence-electron chi connectivity index (χ1n) is 10.1. The third-order valence-corrected chi connectivity index (χ3v) is 6.79. The quantitative estimate of drug-likeness (QED) is 0.495. The van der Waals surface area contributed by atoms with E-state index in [0.717, 1.165) is 15.6 Å². The molecule has 168 valence electrons. The molecule has 0 unspecified atom stereocenters. The molecule has 0 saturated carbocycles. The molecule has 0 radical (unpaired) electrons. The Hall–Kier alpha value is -3.03. The van der Waals surface area contributed by atoms with E-state index in [-0.39, 0.29) is 18.0 Å². The van der Waals surface area contributed by atoms with Crippen LogP contribution in [-0.4, -0.2) is 27.5 Å². The first-order chi connectivity index (χ1) is 15.3. The zero-order valence-corrected chi connectivity index (χ0v) is 19.5. The van der Waals surface area contributed by atoms with E-state index in [0.29, 0.717) is 22.9 Å². The molecule has 1 amide bonds. The standard InChI is InChI=1S/C24H25ClN2O4S/c1-3-31-21-13-10-19(11-14-21)16-26-24(28)17-27(23-15-20(25)12-9-18(23)2)32(29,30)22-7-5-4-6-8-22/h4-15H,3,16-17H2,1-2H3,(H,26,28). The number of nitrogens with one attached hydrogen (secondary N) is 1. The smallest absolute Gasteiger partial charge is 0.264 e. The Morgan fingerprint density at radius 2 is 1.72 bits per heavy atom. The molecule has 0 heterocycles. The van der Waals surface area contributed by atoms with Crippen molar-refractivity contribution in [3.8, 4) is 5.75 Å². The van der Waals surface area contributed by atoms with Gasteiger partial charge in [-0.15, -0.1) is 0 Å². The molecule has 3 rings (SSSR count). The highest BCUT2D eigenvalue weighted by Crippen LogP contribution is 2.29. The van der Waals surface area contributed by atoms with Gasteiger partial charge in [0.05, 0.1) is 17.2 Å². The van der Waals surface area contributed by atoms with Crippen LogP contribution in [0.2, 0.25) is 5.02 Å². The molecule has 3 aromatic rings. The molecule has 0 aromatic heterocycles. The number of halogens is 1. The molecule has 0 bridgehead atoms. The van der Waals surface area contributed by atoms with E-state index >= 15 is 0 Å². The summed E-state index contributed by atoms with van der Waals surface area (Å²) >= 11 is 6.14. The van der Waals surface area contributed by atoms with Crippen LogP contribution in [0.4, 0.5) is 5.69 Å². The van der Waals surface area contributed by atoms with E-state index in [1.54, 1.807) is 43.3 Å². The summed E-state index contributed by atoms with van der Waals surface area (Å²) in [6.07, 6.45) is 0. The van der Waals surface area contributed by atoms with Gasteiger partial charge in [0.2, 0.25) is 5.91 Å². The highest BCUT2D eigenvalue weighted by Gasteiger charge is 2.28. The van der Waals surface area contributed by atoms with Crippen molar-refractivity contribution in [2.45, 2.75) is 25.3 Å². The van der Waals surface area contributed by atoms with E-state index in [4.69, 9.17) is 16.3 Å². The Labute approximate surface area is 193 Å². The maximum atomic E-state index is 13.4. The van der Waals surface area contributed by atoms with Crippen LogP contribution in [-0.2, 0) is 21.4 Å². The minimum Gasteiger partial charge on any atom is -0.494 e. The molecule has 0 saturated heterocycles. The van der Waals surface area contributed by atoms with Gasteiger partial charge in [-0.25, -0.2) is 8.42 Å². The van der Waals surface area contributed by atoms with Crippen molar-refractivity contribution >= 4 is 33.2 Å². The summed E-state index contributed by atoms with van der Waals surface area (Å²) in [6.45, 7) is 4.14. The minimum atomic E-state index is -3.99. The zero-order valence-electron chi connectivity index (χ0n) is 17.9. The second-order valence-corrected chi connectivity index (χ2v) is 9.41. The van der Waals surface area contributed by atoms with E-state index in [9.17, 15) is 13.2 Å². The monoisotopic (exact) mass is 472 g/mol. The summed E-state index contributed by atoms with van der Waals surface area (Å²) in [6, 6.07) is 20.3. The van der Waals surface area contributed by atoms with Crippen molar-refractivity contribution in [3.63, 3.8) is 0 Å². The summed E-state index contributed by atoms with van der Waals surface area (Å²) in [4.78, 5) is 12.9. The van der Waals surface area contributed by atoms with Crippen molar-refractivity contribution in [3.05, 3.63) is 88.9 Å². The molecular weight excluding hydrogens is 448 g/mol. The Bertz CT molecular complexity index is 1170. The molecule has 6 nitrogen and oxygen atoms in total. The van der Waals surface area contributed by atoms with Crippen LogP contribution in [0, 0.1) is 6.92 Å². The van der Waals surface area contributed by atoms with Crippen LogP contribution in [0.3, 0.4) is 0 Å². The number of hydrogen-bond donors (Lipinski definition) is 1. The molecule has 0 spiro atoms. The van der Waals surface area contributed by atoms with Gasteiger partial charge >= 0.3 is 0 Å². The van der Waals surface area contributed by atoms with Crippen molar-refractivity contribution < 1.29 is 17.9 Å². The molecule has 3 aromatic carbocycles. The lowest BCUT2D eigenvalue weighted by Crippen LogP contribution is -2.41. The summed E-state index contributed by atoms with van der Waals surface area (Å²) in [5.41, 5.74) is 1.92. The van der Waals surface area contributed by atoms with Crippen molar-refractivity contribution in [2.75, 3.05) is 17.5 Å². The highest BCUT2D eigenvalue weighted by atomic mass is 35.5. The Morgan fingerprint density at radius 1 is 1.03 bits per heavy atom. The van der Waals surface area contributed by atoms with Gasteiger partial charge in [0.15, 0.2) is 0 Å². The molecule has 8 heteroatoms. The van der Waals surface area contributed by atoms with Gasteiger partial charge in [0.1, 0.15) is 12.3 Å². The number of carbonyl (C=O) groups excluding carboxylic acids is 1. The number of amides is 1. The number of benzene rings is 3. The van der Waals surface area contributed by atoms with E-state index in [1.165, 1.54) is 12.1 Å². The average molecular weight is 473 g/mol. The molecule has 0 fully saturated rings. The van der Waals surface area contributed by atoms with Crippen LogP contribution < -0.4 is 14.4 Å². The average Bonchev–Trinajstić information content (AvgIpc) is 2.79. The van der Waals surface area contributed by atoms with Crippen molar-refractivity contribution in [2.24, 2.45) is 0 Å². The minimum absolute atomic E-state index is 0.0960. The number of anilines is 1. The molecule has 32 heavy (non-hydrogen) atoms. The van der Waals surface area contributed by atoms with Gasteiger partial charge in [-0.2, -0.15) is 0 Å². The molecule has 0 aliphatic heterocycles. The number of rotatable bonds is 9. The lowest BCUT2D eigenvalue weighted by Gasteiger charge is -2.26. The van der Waals surface area contributed by atoms with E-state index < -0.39 is 15.9 Å². The fourth-order valence-electron chi connectivity index (χ4n) is 3.13. The first-order valence-corrected chi connectivity index (χ1v) is 12.0. The maximum absolute atomic E-state index is 13.4. The number of hydrogen-bond acceptors (Lipinski definition) is 4. The van der Waals surface area contributed by atoms with Crippen LogP contribution in [0.15, 0.2) is 77.7 Å². The van der Waals surface area contributed by atoms with E-state index in [2.05, 4.69) is 5.32 Å². The summed E-state index contributed by atoms with van der Waals surface area (Å²) in [5, 5.41) is 3.17. The van der Waals surface area contributed by atoms with Gasteiger partial charge in [0.25, 0.3) is 10.0 Å². The summed E-state index contributed by atoms with van der Waals surface area (Å²) < 4.78 is 33.3. The first kappa shape index (κ1) is 23.6. The lowest BCUT2D eigenvalue weighted by molar-refractivity contribution is -0.119. The van der Waals surface area contributed by atoms with Gasteiger partial charge in [-0.05, 0) is 61.4 Å². The second-order valence-electron chi connectivity index (χ2n) is 7.11. The predicted octanol–water partition coefficient (Wildman–Crippen LogP) is 4.56. The Balaban J connectivity index is 1.82. The van der Waals surface area contributed by atoms with Crippen LogP contribution >= 0.6 is 11.6 Å². The van der Waals surface area contributed by atoms with Crippen LogP contribution in [0.5, 0.6) is 5.75 Å². The number of sulfonamides is 1. The molecular formula is C24H25ClN2O4S. The number of nitrogens with zero attached hydrogens (tertiary/aromatic N) is 1.